The number of carbonyl (C=O) groups excluding carboxylic acids is 1. The van der Waals surface area contributed by atoms with Crippen molar-refractivity contribution < 1.29 is 4.79 Å². The predicted molar refractivity (Wildman–Crippen MR) is 132 cm³/mol. The number of nitrogens with zero attached hydrogens (tertiary/aromatic N) is 5. The molecule has 166 valence electrons. The maximum atomic E-state index is 11.8. The van der Waals surface area contributed by atoms with Crippen LogP contribution in [0, 0.1) is 0 Å². The Kier molecular flexibility index (Phi) is 4.84. The van der Waals surface area contributed by atoms with Crippen LogP contribution in [0.4, 0.5) is 5.69 Å². The fraction of sp³-hybridized carbons (Fsp3) is 0.0833. The van der Waals surface area contributed by atoms with Gasteiger partial charge in [-0.2, -0.15) is 16.4 Å². The van der Waals surface area contributed by atoms with Crippen LogP contribution in [0.1, 0.15) is 13.3 Å². The molecule has 6 aromatic rings. The lowest BCUT2D eigenvalue weighted by Gasteiger charge is -2.06. The number of fused-ring (bicyclic) bond motifs is 2. The molecule has 10 heteroatoms. The molecule has 6 aromatic heterocycles. The zero-order chi connectivity index (χ0) is 23.1. The summed E-state index contributed by atoms with van der Waals surface area (Å²) in [5.74, 6) is 0.544. The van der Waals surface area contributed by atoms with E-state index in [-0.39, 0.29) is 5.91 Å². The van der Waals surface area contributed by atoms with Gasteiger partial charge in [-0.1, -0.05) is 6.92 Å². The van der Waals surface area contributed by atoms with E-state index in [4.69, 9.17) is 4.98 Å². The van der Waals surface area contributed by atoms with Crippen LogP contribution in [0.15, 0.2) is 59.8 Å². The highest BCUT2D eigenvalue weighted by molar-refractivity contribution is 7.08. The average Bonchev–Trinajstić information content (AvgIpc) is 3.62. The Bertz CT molecular complexity index is 1650. The minimum atomic E-state index is -0.0648. The molecule has 0 atom stereocenters. The number of pyridine rings is 3. The molecule has 0 unspecified atom stereocenters. The first-order chi connectivity index (χ1) is 16.7. The topological polar surface area (TPSA) is 125 Å². The summed E-state index contributed by atoms with van der Waals surface area (Å²) in [7, 11) is 0. The monoisotopic (exact) mass is 466 g/mol. The number of nitrogens with one attached hydrogen (secondary N) is 3. The first kappa shape index (κ1) is 20.2. The smallest absolute Gasteiger partial charge is 0.224 e. The summed E-state index contributed by atoms with van der Waals surface area (Å²) >= 11 is 1.64. The summed E-state index contributed by atoms with van der Waals surface area (Å²) in [5, 5.41) is 15.3. The largest absolute Gasteiger partial charge is 0.325 e. The number of imidazole rings is 1. The van der Waals surface area contributed by atoms with Gasteiger partial charge in [-0.3, -0.25) is 14.9 Å². The zero-order valence-corrected chi connectivity index (χ0v) is 18.8. The fourth-order valence-corrected chi connectivity index (χ4v) is 4.49. The summed E-state index contributed by atoms with van der Waals surface area (Å²) in [6.07, 6.45) is 7.29. The molecule has 9 nitrogen and oxygen atoms in total. The van der Waals surface area contributed by atoms with Gasteiger partial charge < -0.3 is 10.3 Å². The molecule has 34 heavy (non-hydrogen) atoms. The Morgan fingerprint density at radius 1 is 1.06 bits per heavy atom. The lowest BCUT2D eigenvalue weighted by atomic mass is 10.1. The standard InChI is InChI=1S/C24H18N8OS/c1-2-19(33)28-16-7-14(9-25-11-16)15-8-18-21(31-32-22(18)27-10-15)24-29-20-17(13-4-6-34-12-13)3-5-26-23(20)30-24/h3-12H,2H2,1H3,(H,28,33)(H,26,29,30)(H,27,31,32). The molecule has 0 aromatic carbocycles. The normalized spacial score (nSPS) is 11.3. The van der Waals surface area contributed by atoms with Gasteiger partial charge in [0, 0.05) is 41.7 Å². The van der Waals surface area contributed by atoms with Crippen LogP contribution in [-0.4, -0.2) is 41.0 Å². The number of aromatic nitrogens is 7. The van der Waals surface area contributed by atoms with Crippen molar-refractivity contribution in [1.29, 1.82) is 0 Å². The van der Waals surface area contributed by atoms with Crippen molar-refractivity contribution in [1.82, 2.24) is 35.1 Å². The summed E-state index contributed by atoms with van der Waals surface area (Å²) in [5.41, 5.74) is 7.24. The van der Waals surface area contributed by atoms with Gasteiger partial charge in [0.15, 0.2) is 17.1 Å². The van der Waals surface area contributed by atoms with Gasteiger partial charge >= 0.3 is 0 Å². The second-order valence-electron chi connectivity index (χ2n) is 7.71. The van der Waals surface area contributed by atoms with Crippen LogP contribution in [-0.2, 0) is 4.79 Å². The molecule has 0 aliphatic heterocycles. The van der Waals surface area contributed by atoms with E-state index < -0.39 is 0 Å². The van der Waals surface area contributed by atoms with Crippen molar-refractivity contribution in [2.45, 2.75) is 13.3 Å². The second kappa shape index (κ2) is 8.16. The van der Waals surface area contributed by atoms with E-state index in [9.17, 15) is 4.79 Å². The Morgan fingerprint density at radius 3 is 2.82 bits per heavy atom. The molecule has 3 N–H and O–H groups in total. The number of thiophene rings is 1. The molecule has 0 bridgehead atoms. The molecule has 0 fully saturated rings. The van der Waals surface area contributed by atoms with Gasteiger partial charge in [0.25, 0.3) is 0 Å². The minimum Gasteiger partial charge on any atom is -0.325 e. The SMILES string of the molecule is CCC(=O)Nc1cncc(-c2cnc3[nH]nc(-c4nc5c(-c6ccsc6)ccnc5[nH]4)c3c2)c1. The molecule has 0 aliphatic carbocycles. The quantitative estimate of drug-likeness (QED) is 0.327. The number of amides is 1. The van der Waals surface area contributed by atoms with E-state index in [1.165, 1.54) is 0 Å². The number of hydrogen-bond acceptors (Lipinski definition) is 7. The predicted octanol–water partition coefficient (Wildman–Crippen LogP) is 5.04. The highest BCUT2D eigenvalue weighted by Gasteiger charge is 2.17. The van der Waals surface area contributed by atoms with Crippen LogP contribution in [0.5, 0.6) is 0 Å². The number of anilines is 1. The minimum absolute atomic E-state index is 0.0648. The number of hydrogen-bond donors (Lipinski definition) is 3. The molecule has 6 rings (SSSR count). The van der Waals surface area contributed by atoms with Crippen molar-refractivity contribution in [3.05, 3.63) is 59.8 Å². The molecule has 0 aliphatic rings. The molecule has 0 saturated carbocycles. The Hall–Kier alpha value is -4.44. The van der Waals surface area contributed by atoms with Crippen molar-refractivity contribution in [2.75, 3.05) is 5.32 Å². The van der Waals surface area contributed by atoms with Gasteiger partial charge in [-0.05, 0) is 40.6 Å². The van der Waals surface area contributed by atoms with E-state index in [1.54, 1.807) is 36.1 Å². The van der Waals surface area contributed by atoms with Crippen molar-refractivity contribution in [2.24, 2.45) is 0 Å². The number of rotatable bonds is 5. The van der Waals surface area contributed by atoms with Crippen LogP contribution < -0.4 is 5.32 Å². The van der Waals surface area contributed by atoms with Crippen molar-refractivity contribution in [3.8, 4) is 33.8 Å². The first-order valence-electron chi connectivity index (χ1n) is 10.7. The maximum Gasteiger partial charge on any atom is 0.224 e. The van der Waals surface area contributed by atoms with Crippen molar-refractivity contribution in [3.63, 3.8) is 0 Å². The number of aromatic amines is 2. The fourth-order valence-electron chi connectivity index (χ4n) is 3.83. The van der Waals surface area contributed by atoms with Crippen LogP contribution in [0.2, 0.25) is 0 Å². The summed E-state index contributed by atoms with van der Waals surface area (Å²) in [6, 6.07) is 7.90. The van der Waals surface area contributed by atoms with Gasteiger partial charge in [-0.25, -0.2) is 15.0 Å². The first-order valence-corrected chi connectivity index (χ1v) is 11.6. The van der Waals surface area contributed by atoms with Gasteiger partial charge in [-0.15, -0.1) is 0 Å². The number of carbonyl (C=O) groups is 1. The van der Waals surface area contributed by atoms with Gasteiger partial charge in [0.05, 0.1) is 17.3 Å². The third kappa shape index (κ3) is 3.50. The van der Waals surface area contributed by atoms with E-state index in [0.717, 1.165) is 33.2 Å². The van der Waals surface area contributed by atoms with Crippen LogP contribution in [0.25, 0.3) is 56.0 Å². The summed E-state index contributed by atoms with van der Waals surface area (Å²) < 4.78 is 0. The average molecular weight is 467 g/mol. The van der Waals surface area contributed by atoms with E-state index >= 15 is 0 Å². The Labute approximate surface area is 197 Å². The molecular weight excluding hydrogens is 448 g/mol. The number of H-pyrrole nitrogens is 2. The highest BCUT2D eigenvalue weighted by Crippen LogP contribution is 2.32. The lowest BCUT2D eigenvalue weighted by molar-refractivity contribution is -0.115. The Morgan fingerprint density at radius 2 is 1.97 bits per heavy atom. The maximum absolute atomic E-state index is 11.8. The molecule has 1 amide bonds. The zero-order valence-electron chi connectivity index (χ0n) is 18.0. The third-order valence-corrected chi connectivity index (χ3v) is 6.22. The molecule has 0 saturated heterocycles. The summed E-state index contributed by atoms with van der Waals surface area (Å²) in [4.78, 5) is 33.2. The Balaban J connectivity index is 1.43. The summed E-state index contributed by atoms with van der Waals surface area (Å²) in [6.45, 7) is 1.81. The van der Waals surface area contributed by atoms with Crippen LogP contribution >= 0.6 is 11.3 Å². The molecule has 6 heterocycles. The van der Waals surface area contributed by atoms with E-state index in [0.29, 0.717) is 34.9 Å². The third-order valence-electron chi connectivity index (χ3n) is 5.53. The van der Waals surface area contributed by atoms with E-state index in [1.807, 2.05) is 30.5 Å². The second-order valence-corrected chi connectivity index (χ2v) is 8.49. The highest BCUT2D eigenvalue weighted by atomic mass is 32.1. The molecular formula is C24H18N8OS. The van der Waals surface area contributed by atoms with E-state index in [2.05, 4.69) is 46.9 Å². The molecule has 0 spiro atoms. The lowest BCUT2D eigenvalue weighted by Crippen LogP contribution is -2.09. The van der Waals surface area contributed by atoms with Crippen molar-refractivity contribution >= 4 is 45.1 Å². The van der Waals surface area contributed by atoms with Crippen LogP contribution in [0.3, 0.4) is 0 Å². The molecule has 0 radical (unpaired) electrons. The van der Waals surface area contributed by atoms with Gasteiger partial charge in [0.1, 0.15) is 11.2 Å². The van der Waals surface area contributed by atoms with Gasteiger partial charge in [0.2, 0.25) is 5.91 Å².